The second kappa shape index (κ2) is 5.88. The number of hydrogen-bond acceptors (Lipinski definition) is 2. The lowest BCUT2D eigenvalue weighted by atomic mass is 9.71. The van der Waals surface area contributed by atoms with E-state index in [1.807, 2.05) is 0 Å². The van der Waals surface area contributed by atoms with Gasteiger partial charge in [-0.1, -0.05) is 38.5 Å². The molecule has 0 saturated carbocycles. The Morgan fingerprint density at radius 3 is 2.14 bits per heavy atom. The van der Waals surface area contributed by atoms with Crippen molar-refractivity contribution in [3.05, 3.63) is 30.3 Å². The highest BCUT2D eigenvalue weighted by atomic mass is 16.5. The molecule has 2 nitrogen and oxygen atoms in total. The summed E-state index contributed by atoms with van der Waals surface area (Å²) in [6.45, 7) is 16.0. The molecule has 124 valence electrons. The van der Waals surface area contributed by atoms with Crippen molar-refractivity contribution in [1.29, 1.82) is 0 Å². The summed E-state index contributed by atoms with van der Waals surface area (Å²) in [5, 5.41) is 0. The normalized spacial score (nSPS) is 34.7. The number of morpholine rings is 1. The maximum atomic E-state index is 6.56. The zero-order chi connectivity index (χ0) is 16.6. The van der Waals surface area contributed by atoms with E-state index in [2.05, 4.69) is 83.7 Å². The van der Waals surface area contributed by atoms with Crippen molar-refractivity contribution in [2.24, 2.45) is 0 Å². The highest BCUT2D eigenvalue weighted by Crippen LogP contribution is 2.50. The fraction of sp³-hybridized carbons (Fsp3) is 0.700. The van der Waals surface area contributed by atoms with Crippen molar-refractivity contribution in [2.45, 2.75) is 90.5 Å². The third-order valence-corrected chi connectivity index (χ3v) is 6.12. The Kier molecular flexibility index (Phi) is 4.64. The van der Waals surface area contributed by atoms with Crippen LogP contribution in [0.5, 0.6) is 0 Å². The number of nitrogens with zero attached hydrogens (tertiary/aromatic N) is 1. The van der Waals surface area contributed by atoms with E-state index >= 15 is 0 Å². The fourth-order valence-electron chi connectivity index (χ4n) is 4.21. The summed E-state index contributed by atoms with van der Waals surface area (Å²) in [5.41, 5.74) is 1.10. The smallest absolute Gasteiger partial charge is 0.0859 e. The van der Waals surface area contributed by atoms with Gasteiger partial charge in [-0.3, -0.25) is 0 Å². The molecule has 1 aliphatic rings. The molecule has 1 saturated heterocycles. The molecule has 0 N–H and O–H groups in total. The first-order valence-electron chi connectivity index (χ1n) is 8.76. The van der Waals surface area contributed by atoms with E-state index < -0.39 is 0 Å². The standard InChI is InChI=1S/C20H33NO/c1-8-15-20(7)18(4,5)22-16(3)19(6,9-2)21(20)17-13-11-10-12-14-17/h10-14,16H,8-9,15H2,1-7H3. The number of para-hydroxylation sites is 1. The summed E-state index contributed by atoms with van der Waals surface area (Å²) in [7, 11) is 0. The minimum atomic E-state index is -0.188. The minimum Gasteiger partial charge on any atom is -0.368 e. The largest absolute Gasteiger partial charge is 0.368 e. The summed E-state index contributed by atoms with van der Waals surface area (Å²) in [6, 6.07) is 10.9. The van der Waals surface area contributed by atoms with Crippen LogP contribution in [0, 0.1) is 0 Å². The maximum Gasteiger partial charge on any atom is 0.0859 e. The van der Waals surface area contributed by atoms with Gasteiger partial charge in [0.1, 0.15) is 0 Å². The molecule has 1 fully saturated rings. The van der Waals surface area contributed by atoms with Gasteiger partial charge in [0, 0.05) is 5.69 Å². The van der Waals surface area contributed by atoms with Crippen LogP contribution >= 0.6 is 0 Å². The van der Waals surface area contributed by atoms with Crippen molar-refractivity contribution in [1.82, 2.24) is 0 Å². The second-order valence-electron chi connectivity index (χ2n) is 7.68. The summed E-state index contributed by atoms with van der Waals surface area (Å²) < 4.78 is 6.56. The number of benzene rings is 1. The van der Waals surface area contributed by atoms with E-state index in [1.165, 1.54) is 5.69 Å². The van der Waals surface area contributed by atoms with Crippen molar-refractivity contribution < 1.29 is 4.74 Å². The van der Waals surface area contributed by atoms with E-state index in [-0.39, 0.29) is 22.8 Å². The van der Waals surface area contributed by atoms with Crippen LogP contribution in [0.1, 0.15) is 67.7 Å². The molecule has 0 bridgehead atoms. The van der Waals surface area contributed by atoms with Gasteiger partial charge in [-0.2, -0.15) is 0 Å². The monoisotopic (exact) mass is 303 g/mol. The molecule has 3 unspecified atom stereocenters. The topological polar surface area (TPSA) is 12.5 Å². The van der Waals surface area contributed by atoms with Crippen molar-refractivity contribution in [3.63, 3.8) is 0 Å². The van der Waals surface area contributed by atoms with Crippen LogP contribution < -0.4 is 4.90 Å². The quantitative estimate of drug-likeness (QED) is 0.736. The van der Waals surface area contributed by atoms with Gasteiger partial charge in [-0.05, 0) is 59.6 Å². The van der Waals surface area contributed by atoms with Gasteiger partial charge in [-0.15, -0.1) is 0 Å². The number of anilines is 1. The Bertz CT molecular complexity index is 498. The number of hydrogen-bond donors (Lipinski definition) is 0. The van der Waals surface area contributed by atoms with Crippen LogP contribution in [0.4, 0.5) is 5.69 Å². The van der Waals surface area contributed by atoms with Crippen LogP contribution in [0.3, 0.4) is 0 Å². The van der Waals surface area contributed by atoms with Crippen LogP contribution in [0.25, 0.3) is 0 Å². The minimum absolute atomic E-state index is 0.000787. The summed E-state index contributed by atoms with van der Waals surface area (Å²) in [6.07, 6.45) is 3.54. The lowest BCUT2D eigenvalue weighted by Gasteiger charge is -2.65. The SMILES string of the molecule is CCCC1(C)N(c2ccccc2)C(C)(CC)C(C)OC1(C)C. The maximum absolute atomic E-state index is 6.56. The first-order chi connectivity index (χ1) is 10.2. The van der Waals surface area contributed by atoms with Gasteiger partial charge in [0.2, 0.25) is 0 Å². The average molecular weight is 303 g/mol. The zero-order valence-corrected chi connectivity index (χ0v) is 15.4. The third kappa shape index (κ3) is 2.46. The fourth-order valence-corrected chi connectivity index (χ4v) is 4.21. The molecule has 0 aliphatic carbocycles. The van der Waals surface area contributed by atoms with Gasteiger partial charge >= 0.3 is 0 Å². The Morgan fingerprint density at radius 2 is 1.64 bits per heavy atom. The summed E-state index contributed by atoms with van der Waals surface area (Å²) in [4.78, 5) is 2.66. The lowest BCUT2D eigenvalue weighted by Crippen LogP contribution is -2.76. The Hall–Kier alpha value is -1.02. The van der Waals surface area contributed by atoms with Crippen LogP contribution in [0.15, 0.2) is 30.3 Å². The molecule has 0 spiro atoms. The highest BCUT2D eigenvalue weighted by molar-refractivity contribution is 5.54. The summed E-state index contributed by atoms with van der Waals surface area (Å²) >= 11 is 0. The number of rotatable bonds is 4. The van der Waals surface area contributed by atoms with Crippen LogP contribution in [-0.2, 0) is 4.74 Å². The van der Waals surface area contributed by atoms with E-state index in [0.29, 0.717) is 0 Å². The predicted octanol–water partition coefficient (Wildman–Crippen LogP) is 5.42. The molecule has 2 heteroatoms. The highest BCUT2D eigenvalue weighted by Gasteiger charge is 2.58. The Morgan fingerprint density at radius 1 is 1.05 bits per heavy atom. The zero-order valence-electron chi connectivity index (χ0n) is 15.4. The third-order valence-electron chi connectivity index (χ3n) is 6.12. The Labute approximate surface area is 136 Å². The molecule has 2 rings (SSSR count). The van der Waals surface area contributed by atoms with Gasteiger partial charge in [0.25, 0.3) is 0 Å². The first kappa shape index (κ1) is 17.3. The average Bonchev–Trinajstić information content (AvgIpc) is 2.46. The second-order valence-corrected chi connectivity index (χ2v) is 7.68. The van der Waals surface area contributed by atoms with Crippen molar-refractivity contribution in [3.8, 4) is 0 Å². The van der Waals surface area contributed by atoms with E-state index in [4.69, 9.17) is 4.74 Å². The van der Waals surface area contributed by atoms with E-state index in [0.717, 1.165) is 19.3 Å². The van der Waals surface area contributed by atoms with E-state index in [1.54, 1.807) is 0 Å². The number of ether oxygens (including phenoxy) is 1. The molecule has 1 aromatic carbocycles. The molecular formula is C20H33NO. The molecule has 1 aromatic rings. The predicted molar refractivity (Wildman–Crippen MR) is 95.6 cm³/mol. The first-order valence-corrected chi connectivity index (χ1v) is 8.76. The van der Waals surface area contributed by atoms with Gasteiger partial charge in [0.15, 0.2) is 0 Å². The van der Waals surface area contributed by atoms with Crippen LogP contribution in [-0.4, -0.2) is 22.8 Å². The molecule has 0 amide bonds. The Balaban J connectivity index is 2.65. The molecule has 3 atom stereocenters. The van der Waals surface area contributed by atoms with Gasteiger partial charge < -0.3 is 9.64 Å². The molecule has 0 aromatic heterocycles. The molecular weight excluding hydrogens is 270 g/mol. The van der Waals surface area contributed by atoms with Crippen molar-refractivity contribution in [2.75, 3.05) is 4.90 Å². The molecule has 1 aliphatic heterocycles. The van der Waals surface area contributed by atoms with E-state index in [9.17, 15) is 0 Å². The van der Waals surface area contributed by atoms with Crippen LogP contribution in [0.2, 0.25) is 0 Å². The summed E-state index contributed by atoms with van der Waals surface area (Å²) in [5.74, 6) is 0. The molecule has 1 heterocycles. The lowest BCUT2D eigenvalue weighted by molar-refractivity contribution is -0.172. The van der Waals surface area contributed by atoms with Crippen molar-refractivity contribution >= 4 is 5.69 Å². The van der Waals surface area contributed by atoms with Gasteiger partial charge in [0.05, 0.1) is 22.8 Å². The van der Waals surface area contributed by atoms with Gasteiger partial charge in [-0.25, -0.2) is 0 Å². The molecule has 22 heavy (non-hydrogen) atoms. The molecule has 0 radical (unpaired) electrons.